The first-order chi connectivity index (χ1) is 15.9. The predicted octanol–water partition coefficient (Wildman–Crippen LogP) is 4.08. The third-order valence-electron chi connectivity index (χ3n) is 6.37. The molecule has 0 saturated carbocycles. The van der Waals surface area contributed by atoms with Gasteiger partial charge in [-0.3, -0.25) is 9.59 Å². The molecule has 1 atom stereocenters. The zero-order chi connectivity index (χ0) is 23.5. The second-order valence-electron chi connectivity index (χ2n) is 8.97. The van der Waals surface area contributed by atoms with Crippen molar-refractivity contribution in [2.24, 2.45) is 5.92 Å². The van der Waals surface area contributed by atoms with Crippen LogP contribution in [0.25, 0.3) is 5.57 Å². The maximum absolute atomic E-state index is 13.8. The Morgan fingerprint density at radius 3 is 2.52 bits per heavy atom. The third-order valence-corrected chi connectivity index (χ3v) is 6.37. The van der Waals surface area contributed by atoms with Crippen LogP contribution in [0.5, 0.6) is 5.75 Å². The van der Waals surface area contributed by atoms with Gasteiger partial charge in [0.2, 0.25) is 0 Å². The van der Waals surface area contributed by atoms with Gasteiger partial charge in [-0.2, -0.15) is 0 Å². The minimum atomic E-state index is -0.308. The van der Waals surface area contributed by atoms with Crippen LogP contribution in [0.3, 0.4) is 0 Å². The van der Waals surface area contributed by atoms with Crippen LogP contribution in [0, 0.1) is 19.8 Å². The molecule has 2 aromatic carbocycles. The first-order valence-electron chi connectivity index (χ1n) is 11.7. The molecule has 174 valence electrons. The van der Waals surface area contributed by atoms with Crippen molar-refractivity contribution in [3.63, 3.8) is 0 Å². The molecule has 1 fully saturated rings. The lowest BCUT2D eigenvalue weighted by Crippen LogP contribution is -2.40. The van der Waals surface area contributed by atoms with Crippen molar-refractivity contribution in [1.82, 2.24) is 4.90 Å². The minimum absolute atomic E-state index is 0.0748. The van der Waals surface area contributed by atoms with E-state index < -0.39 is 0 Å². The highest BCUT2D eigenvalue weighted by Crippen LogP contribution is 2.38. The molecule has 2 aliphatic heterocycles. The fourth-order valence-corrected chi connectivity index (χ4v) is 4.61. The summed E-state index contributed by atoms with van der Waals surface area (Å²) in [5.41, 5.74) is 4.03. The molecule has 0 aliphatic carbocycles. The summed E-state index contributed by atoms with van der Waals surface area (Å²) in [6.07, 6.45) is 2.70. The van der Waals surface area contributed by atoms with Crippen molar-refractivity contribution in [2.45, 2.75) is 40.0 Å². The molecule has 6 heteroatoms. The van der Waals surface area contributed by atoms with E-state index in [1.807, 2.05) is 68.1 Å². The van der Waals surface area contributed by atoms with E-state index in [1.54, 1.807) is 0 Å². The lowest BCUT2D eigenvalue weighted by atomic mass is 9.97. The molecule has 0 aromatic heterocycles. The highest BCUT2D eigenvalue weighted by molar-refractivity contribution is 6.45. The van der Waals surface area contributed by atoms with Gasteiger partial charge < -0.3 is 14.7 Å². The first kappa shape index (κ1) is 23.1. The van der Waals surface area contributed by atoms with Crippen LogP contribution < -0.4 is 9.64 Å². The number of likely N-dealkylation sites (tertiary alicyclic amines) is 1. The van der Waals surface area contributed by atoms with Gasteiger partial charge in [0.1, 0.15) is 11.4 Å². The Bertz CT molecular complexity index is 1070. The van der Waals surface area contributed by atoms with Gasteiger partial charge in [0, 0.05) is 19.7 Å². The van der Waals surface area contributed by atoms with Crippen LogP contribution >= 0.6 is 0 Å². The van der Waals surface area contributed by atoms with Crippen LogP contribution in [0.2, 0.25) is 0 Å². The molecular weight excluding hydrogens is 416 g/mol. The van der Waals surface area contributed by atoms with Crippen LogP contribution in [-0.4, -0.2) is 48.1 Å². The Morgan fingerprint density at radius 2 is 1.82 bits per heavy atom. The van der Waals surface area contributed by atoms with E-state index in [2.05, 4.69) is 0 Å². The number of carbonyl (C=O) groups excluding carboxylic acids is 2. The topological polar surface area (TPSA) is 70.1 Å². The minimum Gasteiger partial charge on any atom is -0.494 e. The maximum Gasteiger partial charge on any atom is 0.282 e. The van der Waals surface area contributed by atoms with Crippen LogP contribution in [-0.2, 0) is 9.59 Å². The molecule has 1 N–H and O–H groups in total. The number of piperidine rings is 1. The number of ether oxygens (including phenoxy) is 1. The summed E-state index contributed by atoms with van der Waals surface area (Å²) in [6.45, 7) is 7.87. The molecule has 0 spiro atoms. The largest absolute Gasteiger partial charge is 0.494 e. The van der Waals surface area contributed by atoms with Crippen molar-refractivity contribution in [3.8, 4) is 5.75 Å². The number of anilines is 1. The Kier molecular flexibility index (Phi) is 6.84. The van der Waals surface area contributed by atoms with Crippen molar-refractivity contribution in [3.05, 3.63) is 64.9 Å². The van der Waals surface area contributed by atoms with Gasteiger partial charge >= 0.3 is 0 Å². The molecule has 6 nitrogen and oxygen atoms in total. The smallest absolute Gasteiger partial charge is 0.282 e. The Hall–Kier alpha value is -3.12. The molecule has 1 unspecified atom stereocenters. The van der Waals surface area contributed by atoms with Crippen LogP contribution in [0.15, 0.2) is 48.2 Å². The zero-order valence-corrected chi connectivity index (χ0v) is 19.6. The van der Waals surface area contributed by atoms with Crippen LogP contribution in [0.4, 0.5) is 5.69 Å². The summed E-state index contributed by atoms with van der Waals surface area (Å²) in [5.74, 6) is 0.227. The molecule has 4 rings (SSSR count). The van der Waals surface area contributed by atoms with E-state index in [1.165, 1.54) is 4.90 Å². The molecule has 2 aromatic rings. The number of imide groups is 1. The Labute approximate surface area is 195 Å². The number of rotatable bonds is 7. The second-order valence-corrected chi connectivity index (χ2v) is 8.97. The maximum atomic E-state index is 13.8. The molecule has 33 heavy (non-hydrogen) atoms. The predicted molar refractivity (Wildman–Crippen MR) is 129 cm³/mol. The van der Waals surface area contributed by atoms with Crippen molar-refractivity contribution >= 4 is 23.1 Å². The number of aliphatic hydroxyl groups excluding tert-OH is 1. The number of aliphatic hydroxyl groups is 1. The van der Waals surface area contributed by atoms with Crippen molar-refractivity contribution < 1.29 is 19.4 Å². The fraction of sp³-hybridized carbons (Fsp3) is 0.407. The average Bonchev–Trinajstić information content (AvgIpc) is 3.09. The number of hydrogen-bond acceptors (Lipinski definition) is 5. The van der Waals surface area contributed by atoms with Gasteiger partial charge in [0.15, 0.2) is 0 Å². The monoisotopic (exact) mass is 448 g/mol. The lowest BCUT2D eigenvalue weighted by Gasteiger charge is -2.34. The number of nitrogens with zero attached hydrogens (tertiary/aromatic N) is 2. The van der Waals surface area contributed by atoms with E-state index in [9.17, 15) is 14.7 Å². The summed E-state index contributed by atoms with van der Waals surface area (Å²) in [7, 11) is 0. The number of aryl methyl sites for hydroxylation is 2. The first-order valence-corrected chi connectivity index (χ1v) is 11.7. The van der Waals surface area contributed by atoms with Gasteiger partial charge in [-0.15, -0.1) is 0 Å². The molecule has 2 heterocycles. The lowest BCUT2D eigenvalue weighted by molar-refractivity contribution is -0.120. The van der Waals surface area contributed by atoms with Gasteiger partial charge in [0.25, 0.3) is 11.8 Å². The van der Waals surface area contributed by atoms with E-state index >= 15 is 0 Å². The number of amides is 2. The number of benzene rings is 2. The van der Waals surface area contributed by atoms with Crippen molar-refractivity contribution in [2.75, 3.05) is 31.2 Å². The standard InChI is InChI=1S/C27H32N2O4/c1-4-14-33-22-11-9-21(10-12-22)24-25(28-13-5-6-20(16-28)17-30)27(32)29(26(24)31)23-15-18(2)7-8-19(23)3/h7-12,15,20,30H,4-6,13-14,16-17H2,1-3H3. The summed E-state index contributed by atoms with van der Waals surface area (Å²) in [5, 5.41) is 9.73. The summed E-state index contributed by atoms with van der Waals surface area (Å²) >= 11 is 0. The summed E-state index contributed by atoms with van der Waals surface area (Å²) in [6, 6.07) is 13.2. The highest BCUT2D eigenvalue weighted by Gasteiger charge is 2.43. The van der Waals surface area contributed by atoms with Gasteiger partial charge in [-0.1, -0.05) is 31.2 Å². The Morgan fingerprint density at radius 1 is 1.06 bits per heavy atom. The van der Waals surface area contributed by atoms with Crippen molar-refractivity contribution in [1.29, 1.82) is 0 Å². The zero-order valence-electron chi connectivity index (χ0n) is 19.6. The molecule has 2 amide bonds. The van der Waals surface area contributed by atoms with Gasteiger partial charge in [0.05, 0.1) is 17.9 Å². The molecule has 0 radical (unpaired) electrons. The summed E-state index contributed by atoms with van der Waals surface area (Å²) in [4.78, 5) is 30.9. The van der Waals surface area contributed by atoms with E-state index in [0.29, 0.717) is 42.2 Å². The van der Waals surface area contributed by atoms with E-state index in [4.69, 9.17) is 4.74 Å². The fourth-order valence-electron chi connectivity index (χ4n) is 4.61. The normalized spacial score (nSPS) is 19.0. The third kappa shape index (κ3) is 4.53. The molecule has 2 aliphatic rings. The average molecular weight is 449 g/mol. The molecule has 1 saturated heterocycles. The van der Waals surface area contributed by atoms with E-state index in [0.717, 1.165) is 36.1 Å². The SMILES string of the molecule is CCCOc1ccc(C2=C(N3CCCC(CO)C3)C(=O)N(c3cc(C)ccc3C)C2=O)cc1. The number of carbonyl (C=O) groups is 2. The van der Waals surface area contributed by atoms with E-state index in [-0.39, 0.29) is 24.3 Å². The highest BCUT2D eigenvalue weighted by atomic mass is 16.5. The molecule has 0 bridgehead atoms. The van der Waals surface area contributed by atoms with Gasteiger partial charge in [-0.05, 0) is 73.9 Å². The Balaban J connectivity index is 1.78. The quantitative estimate of drug-likeness (QED) is 0.647. The second kappa shape index (κ2) is 9.79. The number of hydrogen-bond donors (Lipinski definition) is 1. The van der Waals surface area contributed by atoms with Crippen LogP contribution in [0.1, 0.15) is 42.9 Å². The summed E-state index contributed by atoms with van der Waals surface area (Å²) < 4.78 is 5.70. The van der Waals surface area contributed by atoms with Gasteiger partial charge in [-0.25, -0.2) is 4.90 Å². The molecular formula is C27H32N2O4.